The third-order valence-corrected chi connectivity index (χ3v) is 4.51. The second-order valence-corrected chi connectivity index (χ2v) is 6.45. The monoisotopic (exact) mass is 363 g/mol. The molecule has 8 heteroatoms. The van der Waals surface area contributed by atoms with E-state index in [1.54, 1.807) is 36.4 Å². The van der Waals surface area contributed by atoms with Gasteiger partial charge in [-0.25, -0.2) is 4.90 Å². The topological polar surface area (TPSA) is 94.4 Å². The Morgan fingerprint density at radius 3 is 2.44 bits per heavy atom. The molecule has 136 valence electrons. The second-order valence-electron chi connectivity index (χ2n) is 6.45. The first kappa shape index (κ1) is 16.9. The van der Waals surface area contributed by atoms with E-state index in [9.17, 15) is 14.4 Å². The molecule has 27 heavy (non-hydrogen) atoms. The first-order chi connectivity index (χ1) is 13.0. The lowest BCUT2D eigenvalue weighted by molar-refractivity contribution is -0.123. The van der Waals surface area contributed by atoms with E-state index in [4.69, 9.17) is 0 Å². The number of para-hydroxylation sites is 1. The number of fused-ring (bicyclic) bond motifs is 1. The van der Waals surface area contributed by atoms with Crippen molar-refractivity contribution in [1.29, 1.82) is 0 Å². The molecule has 0 unspecified atom stereocenters. The molecule has 2 heterocycles. The Morgan fingerprint density at radius 2 is 1.74 bits per heavy atom. The predicted molar refractivity (Wildman–Crippen MR) is 97.9 cm³/mol. The number of hydrogen-bond acceptors (Lipinski definition) is 6. The van der Waals surface area contributed by atoms with Crippen molar-refractivity contribution in [1.82, 2.24) is 5.01 Å². The zero-order chi connectivity index (χ0) is 19.0. The average Bonchev–Trinajstić information content (AvgIpc) is 3.17. The largest absolute Gasteiger partial charge is 0.324 e. The third kappa shape index (κ3) is 3.05. The van der Waals surface area contributed by atoms with E-state index in [1.165, 1.54) is 5.01 Å². The van der Waals surface area contributed by atoms with Gasteiger partial charge < -0.3 is 5.32 Å². The SMILES string of the molecule is Cc1ccc(N2C(=O)[C@@H]3N=NN(CC(=O)Nc4ccccc4)[C@H]3C2=O)cc1. The Morgan fingerprint density at radius 1 is 1.04 bits per heavy atom. The van der Waals surface area contributed by atoms with Crippen LogP contribution in [0.4, 0.5) is 11.4 Å². The Kier molecular flexibility index (Phi) is 4.15. The summed E-state index contributed by atoms with van der Waals surface area (Å²) in [4.78, 5) is 38.9. The van der Waals surface area contributed by atoms with Crippen LogP contribution in [0.1, 0.15) is 5.56 Å². The van der Waals surface area contributed by atoms with Gasteiger partial charge in [0.25, 0.3) is 11.8 Å². The number of amides is 3. The van der Waals surface area contributed by atoms with Gasteiger partial charge in [0.05, 0.1) is 5.69 Å². The molecule has 1 N–H and O–H groups in total. The smallest absolute Gasteiger partial charge is 0.263 e. The number of aryl methyl sites for hydroxylation is 1. The highest BCUT2D eigenvalue weighted by Crippen LogP contribution is 2.31. The van der Waals surface area contributed by atoms with Gasteiger partial charge >= 0.3 is 0 Å². The van der Waals surface area contributed by atoms with Crippen LogP contribution in [0, 0.1) is 6.92 Å². The van der Waals surface area contributed by atoms with E-state index in [0.29, 0.717) is 11.4 Å². The highest BCUT2D eigenvalue weighted by atomic mass is 16.2. The summed E-state index contributed by atoms with van der Waals surface area (Å²) in [5, 5.41) is 11.8. The van der Waals surface area contributed by atoms with Crippen molar-refractivity contribution >= 4 is 29.1 Å². The summed E-state index contributed by atoms with van der Waals surface area (Å²) in [5.74, 6) is -1.19. The molecule has 1 saturated heterocycles. The van der Waals surface area contributed by atoms with E-state index < -0.39 is 23.9 Å². The highest BCUT2D eigenvalue weighted by Gasteiger charge is 2.55. The number of nitrogens with one attached hydrogen (secondary N) is 1. The van der Waals surface area contributed by atoms with Crippen LogP contribution in [-0.4, -0.2) is 41.4 Å². The zero-order valence-corrected chi connectivity index (χ0v) is 14.6. The molecular weight excluding hydrogens is 346 g/mol. The van der Waals surface area contributed by atoms with Gasteiger partial charge in [0.2, 0.25) is 5.91 Å². The molecule has 2 atom stereocenters. The maximum atomic E-state index is 12.8. The molecule has 2 aromatic carbocycles. The Bertz CT molecular complexity index is 926. The second kappa shape index (κ2) is 6.64. The molecule has 0 radical (unpaired) electrons. The van der Waals surface area contributed by atoms with Crippen molar-refractivity contribution in [2.45, 2.75) is 19.0 Å². The van der Waals surface area contributed by atoms with Gasteiger partial charge in [-0.15, -0.1) is 0 Å². The van der Waals surface area contributed by atoms with Gasteiger partial charge in [0.1, 0.15) is 6.54 Å². The number of rotatable bonds is 4. The number of benzene rings is 2. The summed E-state index contributed by atoms with van der Waals surface area (Å²) in [7, 11) is 0. The molecule has 8 nitrogen and oxygen atoms in total. The van der Waals surface area contributed by atoms with Gasteiger partial charge in [-0.2, -0.15) is 5.11 Å². The number of carbonyl (C=O) groups excluding carboxylic acids is 3. The Balaban J connectivity index is 1.49. The lowest BCUT2D eigenvalue weighted by Crippen LogP contribution is -2.43. The van der Waals surface area contributed by atoms with E-state index >= 15 is 0 Å². The van der Waals surface area contributed by atoms with Crippen molar-refractivity contribution in [2.75, 3.05) is 16.8 Å². The van der Waals surface area contributed by atoms with Crippen molar-refractivity contribution in [3.05, 3.63) is 60.2 Å². The van der Waals surface area contributed by atoms with Crippen LogP contribution in [-0.2, 0) is 14.4 Å². The summed E-state index contributed by atoms with van der Waals surface area (Å²) in [6, 6.07) is 14.3. The lowest BCUT2D eigenvalue weighted by atomic mass is 10.1. The molecule has 2 aromatic rings. The fourth-order valence-electron chi connectivity index (χ4n) is 3.17. The molecule has 1 fully saturated rings. The first-order valence-corrected chi connectivity index (χ1v) is 8.51. The number of hydrogen-bond donors (Lipinski definition) is 1. The standard InChI is InChI=1S/C19H17N5O3/c1-12-7-9-14(10-8-12)24-18(26)16-17(19(24)27)23(22-21-16)11-15(25)20-13-5-3-2-4-6-13/h2-10,16-17H,11H2,1H3,(H,20,25)/t16-,17-/m1/s1. The van der Waals surface area contributed by atoms with E-state index in [1.807, 2.05) is 25.1 Å². The van der Waals surface area contributed by atoms with Crippen LogP contribution in [0.15, 0.2) is 64.9 Å². The molecule has 2 aliphatic rings. The zero-order valence-electron chi connectivity index (χ0n) is 14.6. The van der Waals surface area contributed by atoms with Crippen molar-refractivity contribution in [3.8, 4) is 0 Å². The van der Waals surface area contributed by atoms with E-state index in [-0.39, 0.29) is 12.5 Å². The van der Waals surface area contributed by atoms with Gasteiger partial charge in [0, 0.05) is 5.69 Å². The van der Waals surface area contributed by atoms with Gasteiger partial charge in [-0.05, 0) is 31.2 Å². The van der Waals surface area contributed by atoms with Gasteiger partial charge in [0.15, 0.2) is 12.1 Å². The minimum atomic E-state index is -0.914. The van der Waals surface area contributed by atoms with Gasteiger partial charge in [-0.3, -0.25) is 19.4 Å². The average molecular weight is 363 g/mol. The summed E-state index contributed by atoms with van der Waals surface area (Å²) < 4.78 is 0. The number of carbonyl (C=O) groups is 3. The summed E-state index contributed by atoms with van der Waals surface area (Å²) in [5.41, 5.74) is 2.16. The molecule has 0 aromatic heterocycles. The summed E-state index contributed by atoms with van der Waals surface area (Å²) >= 11 is 0. The predicted octanol–water partition coefficient (Wildman–Crippen LogP) is 1.93. The molecule has 3 amide bonds. The molecule has 0 saturated carbocycles. The van der Waals surface area contributed by atoms with Crippen LogP contribution in [0.5, 0.6) is 0 Å². The maximum Gasteiger partial charge on any atom is 0.263 e. The highest BCUT2D eigenvalue weighted by molar-refractivity contribution is 6.25. The van der Waals surface area contributed by atoms with E-state index in [2.05, 4.69) is 15.7 Å². The molecule has 4 rings (SSSR count). The van der Waals surface area contributed by atoms with Crippen molar-refractivity contribution in [2.24, 2.45) is 10.3 Å². The quantitative estimate of drug-likeness (QED) is 0.840. The fraction of sp³-hybridized carbons (Fsp3) is 0.211. The Labute approximate surface area is 155 Å². The molecular formula is C19H17N5O3. The number of anilines is 2. The molecule has 0 aliphatic carbocycles. The van der Waals surface area contributed by atoms with E-state index in [0.717, 1.165) is 10.5 Å². The van der Waals surface area contributed by atoms with Crippen LogP contribution in [0.2, 0.25) is 0 Å². The van der Waals surface area contributed by atoms with Crippen LogP contribution < -0.4 is 10.2 Å². The summed E-state index contributed by atoms with van der Waals surface area (Å²) in [6.45, 7) is 1.76. The number of nitrogens with zero attached hydrogens (tertiary/aromatic N) is 4. The van der Waals surface area contributed by atoms with Gasteiger partial charge in [-0.1, -0.05) is 41.1 Å². The Hall–Kier alpha value is -3.55. The maximum absolute atomic E-state index is 12.8. The van der Waals surface area contributed by atoms with Crippen LogP contribution in [0.3, 0.4) is 0 Å². The van der Waals surface area contributed by atoms with Crippen LogP contribution in [0.25, 0.3) is 0 Å². The molecule has 2 aliphatic heterocycles. The molecule has 0 bridgehead atoms. The molecule has 0 spiro atoms. The van der Waals surface area contributed by atoms with Crippen molar-refractivity contribution < 1.29 is 14.4 Å². The van der Waals surface area contributed by atoms with Crippen LogP contribution >= 0.6 is 0 Å². The minimum Gasteiger partial charge on any atom is -0.324 e. The summed E-state index contributed by atoms with van der Waals surface area (Å²) in [6.07, 6.45) is 0. The third-order valence-electron chi connectivity index (χ3n) is 4.51. The lowest BCUT2D eigenvalue weighted by Gasteiger charge is -2.20. The first-order valence-electron chi connectivity index (χ1n) is 8.51. The normalized spacial score (nSPS) is 20.9. The number of imide groups is 1. The minimum absolute atomic E-state index is 0.166. The van der Waals surface area contributed by atoms with Crippen molar-refractivity contribution in [3.63, 3.8) is 0 Å². The fourth-order valence-corrected chi connectivity index (χ4v) is 3.17.